The second-order valence-electron chi connectivity index (χ2n) is 7.23. The van der Waals surface area contributed by atoms with Crippen LogP contribution in [0.4, 0.5) is 0 Å². The van der Waals surface area contributed by atoms with Gasteiger partial charge in [-0.2, -0.15) is 4.31 Å². The van der Waals surface area contributed by atoms with E-state index in [0.717, 1.165) is 31.6 Å². The SMILES string of the molecule is CCCCCCNC(=NC)NCc1ccccc1S(=O)(=O)N1CCN(C)CC1.I. The van der Waals surface area contributed by atoms with Crippen LogP contribution in [0, 0.1) is 0 Å². The molecule has 0 bridgehead atoms. The summed E-state index contributed by atoms with van der Waals surface area (Å²) in [5, 5.41) is 6.55. The third-order valence-electron chi connectivity index (χ3n) is 5.05. The van der Waals surface area contributed by atoms with E-state index >= 15 is 0 Å². The van der Waals surface area contributed by atoms with Crippen LogP contribution in [0.25, 0.3) is 0 Å². The van der Waals surface area contributed by atoms with Gasteiger partial charge in [-0.15, -0.1) is 24.0 Å². The Balaban J connectivity index is 0.00000420. The Morgan fingerprint density at radius 1 is 1.07 bits per heavy atom. The van der Waals surface area contributed by atoms with E-state index in [1.54, 1.807) is 23.5 Å². The summed E-state index contributed by atoms with van der Waals surface area (Å²) in [6.07, 6.45) is 4.76. The maximum absolute atomic E-state index is 13.1. The number of unbranched alkanes of at least 4 members (excludes halogenated alkanes) is 3. The van der Waals surface area contributed by atoms with Crippen LogP contribution in [0.1, 0.15) is 38.2 Å². The zero-order valence-electron chi connectivity index (χ0n) is 17.9. The number of piperazine rings is 1. The van der Waals surface area contributed by atoms with Gasteiger partial charge >= 0.3 is 0 Å². The molecule has 1 saturated heterocycles. The highest BCUT2D eigenvalue weighted by Crippen LogP contribution is 2.21. The molecule has 0 atom stereocenters. The molecule has 1 aliphatic heterocycles. The first-order valence-electron chi connectivity index (χ1n) is 10.2. The molecule has 0 radical (unpaired) electrons. The molecule has 0 saturated carbocycles. The zero-order valence-corrected chi connectivity index (χ0v) is 21.0. The summed E-state index contributed by atoms with van der Waals surface area (Å²) in [4.78, 5) is 6.77. The zero-order chi connectivity index (χ0) is 20.4. The Hall–Kier alpha value is -0.910. The van der Waals surface area contributed by atoms with Crippen LogP contribution in [0.15, 0.2) is 34.2 Å². The number of rotatable bonds is 9. The molecule has 1 heterocycles. The molecule has 0 aliphatic carbocycles. The van der Waals surface area contributed by atoms with E-state index in [1.807, 2.05) is 19.2 Å². The molecule has 9 heteroatoms. The van der Waals surface area contributed by atoms with Crippen molar-refractivity contribution in [3.8, 4) is 0 Å². The van der Waals surface area contributed by atoms with Gasteiger partial charge in [0.1, 0.15) is 0 Å². The van der Waals surface area contributed by atoms with Crippen molar-refractivity contribution in [3.63, 3.8) is 0 Å². The molecule has 1 fully saturated rings. The molecule has 7 nitrogen and oxygen atoms in total. The van der Waals surface area contributed by atoms with E-state index in [-0.39, 0.29) is 24.0 Å². The number of halogens is 1. The predicted octanol–water partition coefficient (Wildman–Crippen LogP) is 2.49. The number of sulfonamides is 1. The lowest BCUT2D eigenvalue weighted by Gasteiger charge is -2.32. The Morgan fingerprint density at radius 2 is 1.76 bits per heavy atom. The molecule has 0 amide bonds. The van der Waals surface area contributed by atoms with Gasteiger partial charge in [0, 0.05) is 46.3 Å². The van der Waals surface area contributed by atoms with E-state index in [2.05, 4.69) is 27.4 Å². The molecule has 166 valence electrons. The van der Waals surface area contributed by atoms with Crippen LogP contribution in [0.5, 0.6) is 0 Å². The van der Waals surface area contributed by atoms with Crippen molar-refractivity contribution < 1.29 is 8.42 Å². The van der Waals surface area contributed by atoms with Gasteiger partial charge in [-0.1, -0.05) is 44.4 Å². The highest BCUT2D eigenvalue weighted by molar-refractivity contribution is 14.0. The Morgan fingerprint density at radius 3 is 2.41 bits per heavy atom. The van der Waals surface area contributed by atoms with E-state index < -0.39 is 10.0 Å². The number of nitrogens with zero attached hydrogens (tertiary/aromatic N) is 3. The lowest BCUT2D eigenvalue weighted by atomic mass is 10.2. The van der Waals surface area contributed by atoms with Crippen LogP contribution in [-0.2, 0) is 16.6 Å². The maximum Gasteiger partial charge on any atom is 0.243 e. The summed E-state index contributed by atoms with van der Waals surface area (Å²) in [6, 6.07) is 7.23. The lowest BCUT2D eigenvalue weighted by molar-refractivity contribution is 0.222. The van der Waals surface area contributed by atoms with Crippen molar-refractivity contribution in [3.05, 3.63) is 29.8 Å². The minimum atomic E-state index is -3.49. The first kappa shape index (κ1) is 26.1. The van der Waals surface area contributed by atoms with E-state index in [9.17, 15) is 8.42 Å². The molecule has 29 heavy (non-hydrogen) atoms. The standard InChI is InChI=1S/C20H35N5O2S.HI/c1-4-5-6-9-12-22-20(21-2)23-17-18-10-7-8-11-19(18)28(26,27)25-15-13-24(3)14-16-25;/h7-8,10-11H,4-6,9,12-17H2,1-3H3,(H2,21,22,23);1H. The summed E-state index contributed by atoms with van der Waals surface area (Å²) in [7, 11) is 0.255. The number of benzene rings is 1. The Labute approximate surface area is 193 Å². The van der Waals surface area contributed by atoms with Gasteiger partial charge in [-0.05, 0) is 25.1 Å². The molecule has 2 rings (SSSR count). The monoisotopic (exact) mass is 537 g/mol. The minimum absolute atomic E-state index is 0. The molecule has 0 aromatic heterocycles. The van der Waals surface area contributed by atoms with Gasteiger partial charge < -0.3 is 15.5 Å². The van der Waals surface area contributed by atoms with Crippen molar-refractivity contribution >= 4 is 40.0 Å². The van der Waals surface area contributed by atoms with E-state index in [4.69, 9.17) is 0 Å². The largest absolute Gasteiger partial charge is 0.356 e. The summed E-state index contributed by atoms with van der Waals surface area (Å²) in [5.74, 6) is 0.697. The third kappa shape index (κ3) is 8.03. The fourth-order valence-electron chi connectivity index (χ4n) is 3.23. The van der Waals surface area contributed by atoms with Gasteiger partial charge in [0.25, 0.3) is 0 Å². The summed E-state index contributed by atoms with van der Waals surface area (Å²) >= 11 is 0. The van der Waals surface area contributed by atoms with Crippen LogP contribution in [0.2, 0.25) is 0 Å². The average molecular weight is 538 g/mol. The highest BCUT2D eigenvalue weighted by Gasteiger charge is 2.29. The number of aliphatic imine (C=N–C) groups is 1. The Bertz CT molecular complexity index is 734. The summed E-state index contributed by atoms with van der Waals surface area (Å²) in [6.45, 7) is 6.05. The third-order valence-corrected chi connectivity index (χ3v) is 7.04. The van der Waals surface area contributed by atoms with Crippen molar-refractivity contribution in [1.82, 2.24) is 19.8 Å². The second kappa shape index (κ2) is 13.4. The van der Waals surface area contributed by atoms with Crippen molar-refractivity contribution in [2.24, 2.45) is 4.99 Å². The maximum atomic E-state index is 13.1. The molecular formula is C20H36IN5O2S. The van der Waals surface area contributed by atoms with Crippen LogP contribution >= 0.6 is 24.0 Å². The van der Waals surface area contributed by atoms with Gasteiger partial charge in [0.15, 0.2) is 5.96 Å². The first-order chi connectivity index (χ1) is 13.5. The highest BCUT2D eigenvalue weighted by atomic mass is 127. The fraction of sp³-hybridized carbons (Fsp3) is 0.650. The number of guanidine groups is 1. The molecule has 0 spiro atoms. The number of likely N-dealkylation sites (N-methyl/N-ethyl adjacent to an activating group) is 1. The second-order valence-corrected chi connectivity index (χ2v) is 9.13. The van der Waals surface area contributed by atoms with Gasteiger partial charge in [0.05, 0.1) is 4.90 Å². The topological polar surface area (TPSA) is 77.0 Å². The molecule has 2 N–H and O–H groups in total. The van der Waals surface area contributed by atoms with E-state index in [1.165, 1.54) is 19.3 Å². The van der Waals surface area contributed by atoms with Crippen LogP contribution in [0.3, 0.4) is 0 Å². The van der Waals surface area contributed by atoms with Crippen molar-refractivity contribution in [2.75, 3.05) is 46.8 Å². The summed E-state index contributed by atoms with van der Waals surface area (Å²) in [5.41, 5.74) is 0.760. The number of nitrogens with one attached hydrogen (secondary N) is 2. The summed E-state index contributed by atoms with van der Waals surface area (Å²) < 4.78 is 27.9. The quantitative estimate of drug-likeness (QED) is 0.219. The first-order valence-corrected chi connectivity index (χ1v) is 11.6. The van der Waals surface area contributed by atoms with Crippen LogP contribution in [-0.4, -0.2) is 70.4 Å². The van der Waals surface area contributed by atoms with Crippen LogP contribution < -0.4 is 10.6 Å². The Kier molecular flexibility index (Phi) is 12.1. The van der Waals surface area contributed by atoms with Gasteiger partial charge in [0.2, 0.25) is 10.0 Å². The predicted molar refractivity (Wildman–Crippen MR) is 130 cm³/mol. The smallest absolute Gasteiger partial charge is 0.243 e. The minimum Gasteiger partial charge on any atom is -0.356 e. The number of hydrogen-bond donors (Lipinski definition) is 2. The lowest BCUT2D eigenvalue weighted by Crippen LogP contribution is -2.47. The molecule has 1 aromatic rings. The van der Waals surface area contributed by atoms with Gasteiger partial charge in [-0.25, -0.2) is 8.42 Å². The van der Waals surface area contributed by atoms with E-state index in [0.29, 0.717) is 30.5 Å². The van der Waals surface area contributed by atoms with Crippen molar-refractivity contribution in [2.45, 2.75) is 44.0 Å². The normalized spacial score (nSPS) is 16.3. The molecular weight excluding hydrogens is 501 g/mol. The fourth-order valence-corrected chi connectivity index (χ4v) is 4.87. The molecule has 0 unspecified atom stereocenters. The molecule has 1 aromatic carbocycles. The molecule has 1 aliphatic rings. The number of hydrogen-bond acceptors (Lipinski definition) is 4. The van der Waals surface area contributed by atoms with Crippen molar-refractivity contribution in [1.29, 1.82) is 0 Å². The average Bonchev–Trinajstić information content (AvgIpc) is 2.70. The van der Waals surface area contributed by atoms with Gasteiger partial charge in [-0.3, -0.25) is 4.99 Å².